The summed E-state index contributed by atoms with van der Waals surface area (Å²) in [4.78, 5) is 23.9. The van der Waals surface area contributed by atoms with Crippen molar-refractivity contribution in [2.24, 2.45) is 5.92 Å². The minimum Gasteiger partial charge on any atom is -0.494 e. The molecule has 0 unspecified atom stereocenters. The molecule has 1 amide bonds. The number of hydrogen-bond donors (Lipinski definition) is 1. The maximum atomic E-state index is 12.0. The zero-order chi connectivity index (χ0) is 19.6. The molecular formula is C21H24ClNO4. The van der Waals surface area contributed by atoms with Crippen LogP contribution in [0.15, 0.2) is 48.5 Å². The second-order valence-corrected chi connectivity index (χ2v) is 6.96. The van der Waals surface area contributed by atoms with Crippen molar-refractivity contribution in [3.8, 4) is 5.75 Å². The van der Waals surface area contributed by atoms with Crippen LogP contribution in [-0.4, -0.2) is 25.1 Å². The number of rotatable bonds is 9. The quantitative estimate of drug-likeness (QED) is 0.486. The summed E-state index contributed by atoms with van der Waals surface area (Å²) in [6, 6.07) is 13.7. The Labute approximate surface area is 164 Å². The molecule has 2 aromatic rings. The average molecular weight is 390 g/mol. The molecule has 2 rings (SSSR count). The van der Waals surface area contributed by atoms with Gasteiger partial charge in [0.2, 0.25) is 5.91 Å². The van der Waals surface area contributed by atoms with Crippen molar-refractivity contribution < 1.29 is 19.1 Å². The molecular weight excluding hydrogens is 366 g/mol. The molecule has 0 fully saturated rings. The Morgan fingerprint density at radius 3 is 2.33 bits per heavy atom. The van der Waals surface area contributed by atoms with Crippen LogP contribution in [-0.2, 0) is 9.53 Å². The van der Waals surface area contributed by atoms with Crippen molar-refractivity contribution in [1.82, 2.24) is 0 Å². The fraction of sp³-hybridized carbons (Fsp3) is 0.333. The van der Waals surface area contributed by atoms with Gasteiger partial charge >= 0.3 is 5.97 Å². The maximum absolute atomic E-state index is 12.0. The lowest BCUT2D eigenvalue weighted by Crippen LogP contribution is -2.13. The Morgan fingerprint density at radius 1 is 1.04 bits per heavy atom. The van der Waals surface area contributed by atoms with E-state index in [2.05, 4.69) is 5.32 Å². The van der Waals surface area contributed by atoms with Gasteiger partial charge in [-0.15, -0.1) is 0 Å². The van der Waals surface area contributed by atoms with E-state index in [0.717, 1.165) is 5.75 Å². The number of carbonyl (C=O) groups excluding carboxylic acids is 2. The largest absolute Gasteiger partial charge is 0.494 e. The molecule has 144 valence electrons. The number of anilines is 1. The molecule has 27 heavy (non-hydrogen) atoms. The summed E-state index contributed by atoms with van der Waals surface area (Å²) in [5.41, 5.74) is 1.10. The van der Waals surface area contributed by atoms with Crippen molar-refractivity contribution in [2.75, 3.05) is 18.5 Å². The number of amides is 1. The van der Waals surface area contributed by atoms with Crippen LogP contribution in [0.1, 0.15) is 37.0 Å². The summed E-state index contributed by atoms with van der Waals surface area (Å²) in [5.74, 6) is 0.543. The summed E-state index contributed by atoms with van der Waals surface area (Å²) < 4.78 is 10.7. The van der Waals surface area contributed by atoms with Crippen molar-refractivity contribution >= 4 is 29.2 Å². The molecule has 5 nitrogen and oxygen atoms in total. The molecule has 1 N–H and O–H groups in total. The van der Waals surface area contributed by atoms with E-state index in [4.69, 9.17) is 21.1 Å². The van der Waals surface area contributed by atoms with Crippen LogP contribution in [0.25, 0.3) is 0 Å². The van der Waals surface area contributed by atoms with Gasteiger partial charge in [-0.05, 0) is 60.9 Å². The number of nitrogens with one attached hydrogen (secondary N) is 1. The molecule has 0 heterocycles. The number of benzene rings is 2. The molecule has 0 saturated carbocycles. The summed E-state index contributed by atoms with van der Waals surface area (Å²) >= 11 is 5.81. The molecule has 0 saturated heterocycles. The van der Waals surface area contributed by atoms with Crippen LogP contribution < -0.4 is 10.1 Å². The van der Waals surface area contributed by atoms with Crippen molar-refractivity contribution in [2.45, 2.75) is 26.7 Å². The standard InChI is InChI=1S/C21H24ClNO4/c1-15(2)14-27-21(25)16-5-9-18(10-6-16)23-20(24)4-3-13-26-19-11-7-17(22)8-12-19/h5-12,15H,3-4,13-14H2,1-2H3,(H,23,24). The average Bonchev–Trinajstić information content (AvgIpc) is 2.65. The van der Waals surface area contributed by atoms with E-state index in [0.29, 0.717) is 42.3 Å². The number of carbonyl (C=O) groups is 2. The van der Waals surface area contributed by atoms with Gasteiger partial charge in [0.25, 0.3) is 0 Å². The van der Waals surface area contributed by atoms with E-state index in [9.17, 15) is 9.59 Å². The van der Waals surface area contributed by atoms with E-state index in [1.54, 1.807) is 48.5 Å². The number of halogens is 1. The van der Waals surface area contributed by atoms with Crippen LogP contribution in [0, 0.1) is 5.92 Å². The fourth-order valence-electron chi connectivity index (χ4n) is 2.19. The van der Waals surface area contributed by atoms with Gasteiger partial charge in [0, 0.05) is 17.1 Å². The second-order valence-electron chi connectivity index (χ2n) is 6.52. The second kappa shape index (κ2) is 10.6. The van der Waals surface area contributed by atoms with Gasteiger partial charge in [-0.2, -0.15) is 0 Å². The van der Waals surface area contributed by atoms with Crippen molar-refractivity contribution in [3.05, 3.63) is 59.1 Å². The lowest BCUT2D eigenvalue weighted by Gasteiger charge is -2.09. The first-order valence-corrected chi connectivity index (χ1v) is 9.27. The maximum Gasteiger partial charge on any atom is 0.338 e. The predicted octanol–water partition coefficient (Wildman–Crippen LogP) is 4.95. The minimum atomic E-state index is -0.360. The molecule has 0 aliphatic heterocycles. The van der Waals surface area contributed by atoms with Crippen LogP contribution in [0.3, 0.4) is 0 Å². The smallest absolute Gasteiger partial charge is 0.338 e. The first kappa shape index (κ1) is 20.8. The summed E-state index contributed by atoms with van der Waals surface area (Å²) in [6.45, 7) is 4.78. The van der Waals surface area contributed by atoms with E-state index < -0.39 is 0 Å². The van der Waals surface area contributed by atoms with Crippen LogP contribution in [0.2, 0.25) is 5.02 Å². The summed E-state index contributed by atoms with van der Waals surface area (Å²) in [7, 11) is 0. The first-order valence-electron chi connectivity index (χ1n) is 8.89. The molecule has 0 bridgehead atoms. The predicted molar refractivity (Wildman–Crippen MR) is 106 cm³/mol. The van der Waals surface area contributed by atoms with E-state index >= 15 is 0 Å². The van der Waals surface area contributed by atoms with E-state index in [1.165, 1.54) is 0 Å². The van der Waals surface area contributed by atoms with Gasteiger partial charge in [0.1, 0.15) is 5.75 Å². The minimum absolute atomic E-state index is 0.107. The molecule has 0 radical (unpaired) electrons. The van der Waals surface area contributed by atoms with E-state index in [1.807, 2.05) is 13.8 Å². The Hall–Kier alpha value is -2.53. The lowest BCUT2D eigenvalue weighted by atomic mass is 10.2. The molecule has 0 aliphatic carbocycles. The molecule has 0 aromatic heterocycles. The summed E-state index contributed by atoms with van der Waals surface area (Å²) in [5, 5.41) is 3.45. The SMILES string of the molecule is CC(C)COC(=O)c1ccc(NC(=O)CCCOc2ccc(Cl)cc2)cc1. The molecule has 0 atom stereocenters. The monoisotopic (exact) mass is 389 g/mol. The van der Waals surface area contributed by atoms with E-state index in [-0.39, 0.29) is 17.8 Å². The first-order chi connectivity index (χ1) is 12.9. The molecule has 6 heteroatoms. The molecule has 0 aliphatic rings. The summed E-state index contributed by atoms with van der Waals surface area (Å²) in [6.07, 6.45) is 0.930. The highest BCUT2D eigenvalue weighted by atomic mass is 35.5. The van der Waals surface area contributed by atoms with Crippen LogP contribution in [0.5, 0.6) is 5.75 Å². The van der Waals surface area contributed by atoms with Gasteiger partial charge in [-0.25, -0.2) is 4.79 Å². The lowest BCUT2D eigenvalue weighted by molar-refractivity contribution is -0.116. The Morgan fingerprint density at radius 2 is 1.70 bits per heavy atom. The number of ether oxygens (including phenoxy) is 2. The Bertz CT molecular complexity index is 742. The van der Waals surface area contributed by atoms with Gasteiger partial charge < -0.3 is 14.8 Å². The number of hydrogen-bond acceptors (Lipinski definition) is 4. The third-order valence-corrected chi connectivity index (χ3v) is 3.83. The molecule has 2 aromatic carbocycles. The highest BCUT2D eigenvalue weighted by molar-refractivity contribution is 6.30. The van der Waals surface area contributed by atoms with Crippen LogP contribution in [0.4, 0.5) is 5.69 Å². The number of esters is 1. The Balaban J connectivity index is 1.70. The van der Waals surface area contributed by atoms with Gasteiger partial charge in [0.15, 0.2) is 0 Å². The van der Waals surface area contributed by atoms with Gasteiger partial charge in [-0.1, -0.05) is 25.4 Å². The van der Waals surface area contributed by atoms with Gasteiger partial charge in [0.05, 0.1) is 18.8 Å². The third-order valence-electron chi connectivity index (χ3n) is 3.58. The van der Waals surface area contributed by atoms with Crippen molar-refractivity contribution in [1.29, 1.82) is 0 Å². The zero-order valence-corrected chi connectivity index (χ0v) is 16.3. The van der Waals surface area contributed by atoms with Crippen molar-refractivity contribution in [3.63, 3.8) is 0 Å². The fourth-order valence-corrected chi connectivity index (χ4v) is 2.32. The zero-order valence-electron chi connectivity index (χ0n) is 15.5. The topological polar surface area (TPSA) is 64.6 Å². The molecule has 0 spiro atoms. The third kappa shape index (κ3) is 7.71. The van der Waals surface area contributed by atoms with Crippen LogP contribution >= 0.6 is 11.6 Å². The highest BCUT2D eigenvalue weighted by Crippen LogP contribution is 2.16. The normalized spacial score (nSPS) is 10.5. The highest BCUT2D eigenvalue weighted by Gasteiger charge is 2.09. The Kier molecular flexibility index (Phi) is 8.14. The van der Waals surface area contributed by atoms with Gasteiger partial charge in [-0.3, -0.25) is 4.79 Å².